The summed E-state index contributed by atoms with van der Waals surface area (Å²) in [6.45, 7) is 4.27. The molecule has 0 amide bonds. The largest absolute Gasteiger partial charge is 0.335 e. The molecule has 0 aliphatic heterocycles. The first-order valence-corrected chi connectivity index (χ1v) is 6.02. The minimum atomic E-state index is -0.121. The first-order valence-electron chi connectivity index (χ1n) is 6.02. The molecule has 19 heavy (non-hydrogen) atoms. The van der Waals surface area contributed by atoms with Crippen molar-refractivity contribution >= 4 is 11.1 Å². The molecule has 1 aromatic carbocycles. The van der Waals surface area contributed by atoms with Crippen LogP contribution in [-0.2, 0) is 6.54 Å². The van der Waals surface area contributed by atoms with Crippen molar-refractivity contribution in [3.05, 3.63) is 57.8 Å². The molecule has 0 unspecified atom stereocenters. The zero-order chi connectivity index (χ0) is 13.4. The Kier molecular flexibility index (Phi) is 2.67. The molecular formula is C14H13N3O2. The molecule has 0 aliphatic carbocycles. The fourth-order valence-corrected chi connectivity index (χ4v) is 2.01. The third-order valence-electron chi connectivity index (χ3n) is 3.11. The van der Waals surface area contributed by atoms with Gasteiger partial charge in [-0.3, -0.25) is 9.36 Å². The topological polar surface area (TPSA) is 60.9 Å². The number of fused-ring (bicyclic) bond motifs is 1. The lowest BCUT2D eigenvalue weighted by Gasteiger charge is -2.05. The lowest BCUT2D eigenvalue weighted by Crippen LogP contribution is -2.21. The van der Waals surface area contributed by atoms with E-state index >= 15 is 0 Å². The number of rotatable bonds is 2. The molecule has 5 nitrogen and oxygen atoms in total. The van der Waals surface area contributed by atoms with Crippen molar-refractivity contribution in [2.24, 2.45) is 0 Å². The van der Waals surface area contributed by atoms with Gasteiger partial charge in [-0.15, -0.1) is 0 Å². The van der Waals surface area contributed by atoms with Crippen LogP contribution in [0.4, 0.5) is 0 Å². The van der Waals surface area contributed by atoms with Crippen molar-refractivity contribution in [2.45, 2.75) is 20.4 Å². The highest BCUT2D eigenvalue weighted by Gasteiger charge is 2.11. The highest BCUT2D eigenvalue weighted by Crippen LogP contribution is 2.10. The summed E-state index contributed by atoms with van der Waals surface area (Å²) in [6, 6.07) is 8.06. The number of nitrogens with zero attached hydrogens (tertiary/aromatic N) is 3. The second-order valence-electron chi connectivity index (χ2n) is 4.61. The van der Waals surface area contributed by atoms with Crippen LogP contribution in [0.2, 0.25) is 0 Å². The van der Waals surface area contributed by atoms with Crippen LogP contribution in [0.3, 0.4) is 0 Å². The van der Waals surface area contributed by atoms with E-state index in [-0.39, 0.29) is 5.56 Å². The molecular weight excluding hydrogens is 242 g/mol. The van der Waals surface area contributed by atoms with Crippen molar-refractivity contribution in [1.29, 1.82) is 0 Å². The number of benzene rings is 1. The third-order valence-corrected chi connectivity index (χ3v) is 3.11. The van der Waals surface area contributed by atoms with E-state index in [1.807, 2.05) is 31.2 Å². The highest BCUT2D eigenvalue weighted by atomic mass is 16.5. The van der Waals surface area contributed by atoms with Crippen LogP contribution in [0.15, 0.2) is 39.9 Å². The molecule has 2 heterocycles. The third kappa shape index (κ3) is 2.03. The normalized spacial score (nSPS) is 11.1. The van der Waals surface area contributed by atoms with Crippen LogP contribution in [-0.4, -0.2) is 14.7 Å². The highest BCUT2D eigenvalue weighted by molar-refractivity contribution is 5.73. The van der Waals surface area contributed by atoms with E-state index in [0.29, 0.717) is 23.3 Å². The number of aromatic nitrogens is 3. The molecule has 3 aromatic rings. The van der Waals surface area contributed by atoms with Gasteiger partial charge in [-0.1, -0.05) is 35.0 Å². The summed E-state index contributed by atoms with van der Waals surface area (Å²) in [5.74, 6) is 0. The van der Waals surface area contributed by atoms with Crippen LogP contribution < -0.4 is 5.56 Å². The summed E-state index contributed by atoms with van der Waals surface area (Å²) in [5.41, 5.74) is 3.00. The molecule has 2 aromatic heterocycles. The van der Waals surface area contributed by atoms with Gasteiger partial charge in [-0.25, -0.2) is 4.98 Å². The average Bonchev–Trinajstić information content (AvgIpc) is 2.78. The molecule has 0 radical (unpaired) electrons. The molecule has 0 bridgehead atoms. The van der Waals surface area contributed by atoms with E-state index in [1.54, 1.807) is 11.5 Å². The maximum atomic E-state index is 12.3. The second kappa shape index (κ2) is 4.35. The molecule has 0 fully saturated rings. The van der Waals surface area contributed by atoms with Crippen molar-refractivity contribution in [2.75, 3.05) is 0 Å². The minimum absolute atomic E-state index is 0.121. The molecule has 3 rings (SSSR count). The van der Waals surface area contributed by atoms with E-state index in [0.717, 1.165) is 5.56 Å². The number of aryl methyl sites for hydroxylation is 2. The first kappa shape index (κ1) is 11.6. The van der Waals surface area contributed by atoms with Crippen LogP contribution >= 0.6 is 0 Å². The van der Waals surface area contributed by atoms with E-state index in [9.17, 15) is 4.79 Å². The second-order valence-corrected chi connectivity index (χ2v) is 4.61. The van der Waals surface area contributed by atoms with Gasteiger partial charge in [0.1, 0.15) is 11.7 Å². The van der Waals surface area contributed by atoms with Gasteiger partial charge in [-0.2, -0.15) is 0 Å². The van der Waals surface area contributed by atoms with Crippen LogP contribution in [0.5, 0.6) is 0 Å². The van der Waals surface area contributed by atoms with E-state index in [4.69, 9.17) is 4.52 Å². The lowest BCUT2D eigenvalue weighted by atomic mass is 10.1. The molecule has 0 aliphatic rings. The maximum absolute atomic E-state index is 12.3. The van der Waals surface area contributed by atoms with Crippen LogP contribution in [0.1, 0.15) is 16.8 Å². The zero-order valence-electron chi connectivity index (χ0n) is 10.8. The van der Waals surface area contributed by atoms with E-state index in [2.05, 4.69) is 10.1 Å². The molecule has 0 atom stereocenters. The summed E-state index contributed by atoms with van der Waals surface area (Å²) in [5, 5.41) is 4.22. The van der Waals surface area contributed by atoms with Crippen molar-refractivity contribution in [3.63, 3.8) is 0 Å². The quantitative estimate of drug-likeness (QED) is 0.703. The summed E-state index contributed by atoms with van der Waals surface area (Å²) >= 11 is 0. The van der Waals surface area contributed by atoms with Crippen molar-refractivity contribution in [3.8, 4) is 0 Å². The Morgan fingerprint density at radius 3 is 2.68 bits per heavy atom. The minimum Gasteiger partial charge on any atom is -0.335 e. The van der Waals surface area contributed by atoms with Gasteiger partial charge in [0.25, 0.3) is 11.3 Å². The maximum Gasteiger partial charge on any atom is 0.266 e. The average molecular weight is 255 g/mol. The van der Waals surface area contributed by atoms with Gasteiger partial charge < -0.3 is 4.52 Å². The molecule has 0 spiro atoms. The van der Waals surface area contributed by atoms with Gasteiger partial charge in [0.15, 0.2) is 0 Å². The fourth-order valence-electron chi connectivity index (χ4n) is 2.01. The van der Waals surface area contributed by atoms with Gasteiger partial charge in [0.05, 0.1) is 12.2 Å². The Labute approximate surface area is 109 Å². The first-order chi connectivity index (χ1) is 9.15. The summed E-state index contributed by atoms with van der Waals surface area (Å²) in [4.78, 5) is 16.4. The number of hydrogen-bond acceptors (Lipinski definition) is 4. The van der Waals surface area contributed by atoms with Gasteiger partial charge in [-0.05, 0) is 19.4 Å². The molecule has 96 valence electrons. The molecule has 5 heteroatoms. The van der Waals surface area contributed by atoms with E-state index in [1.165, 1.54) is 11.9 Å². The SMILES string of the molecule is Cc1ccc(Cn2cnc3onc(C)c3c2=O)cc1. The smallest absolute Gasteiger partial charge is 0.266 e. The monoisotopic (exact) mass is 255 g/mol. The lowest BCUT2D eigenvalue weighted by molar-refractivity contribution is 0.442. The Bertz CT molecular complexity index is 785. The van der Waals surface area contributed by atoms with Crippen LogP contribution in [0, 0.1) is 13.8 Å². The Morgan fingerprint density at radius 2 is 1.95 bits per heavy atom. The zero-order valence-corrected chi connectivity index (χ0v) is 10.8. The van der Waals surface area contributed by atoms with Gasteiger partial charge in [0, 0.05) is 0 Å². The summed E-state index contributed by atoms with van der Waals surface area (Å²) in [6.07, 6.45) is 1.50. The van der Waals surface area contributed by atoms with Crippen LogP contribution in [0.25, 0.3) is 11.1 Å². The summed E-state index contributed by atoms with van der Waals surface area (Å²) in [7, 11) is 0. The summed E-state index contributed by atoms with van der Waals surface area (Å²) < 4.78 is 6.54. The Balaban J connectivity index is 2.06. The predicted molar refractivity (Wildman–Crippen MR) is 71.1 cm³/mol. The molecule has 0 saturated heterocycles. The number of hydrogen-bond donors (Lipinski definition) is 0. The standard InChI is InChI=1S/C14H13N3O2/c1-9-3-5-11(6-4-9)7-17-8-15-13-12(14(17)18)10(2)16-19-13/h3-6,8H,7H2,1-2H3. The Morgan fingerprint density at radius 1 is 1.21 bits per heavy atom. The van der Waals surface area contributed by atoms with Crippen molar-refractivity contribution in [1.82, 2.24) is 14.7 Å². The van der Waals surface area contributed by atoms with E-state index < -0.39 is 0 Å². The van der Waals surface area contributed by atoms with Crippen molar-refractivity contribution < 1.29 is 4.52 Å². The van der Waals surface area contributed by atoms with Gasteiger partial charge >= 0.3 is 0 Å². The van der Waals surface area contributed by atoms with Gasteiger partial charge in [0.2, 0.25) is 0 Å². The molecule has 0 N–H and O–H groups in total. The fraction of sp³-hybridized carbons (Fsp3) is 0.214. The molecule has 0 saturated carbocycles. The Hall–Kier alpha value is -2.43. The predicted octanol–water partition coefficient (Wildman–Crippen LogP) is 2.05.